The average molecular weight is 328 g/mol. The van der Waals surface area contributed by atoms with Crippen molar-refractivity contribution in [3.8, 4) is 5.75 Å². The minimum absolute atomic E-state index is 0.154. The van der Waals surface area contributed by atoms with Crippen LogP contribution >= 0.6 is 15.9 Å². The number of anilines is 1. The van der Waals surface area contributed by atoms with Gasteiger partial charge in [-0.15, -0.1) is 0 Å². The smallest absolute Gasteiger partial charge is 0.165 e. The lowest BCUT2D eigenvalue weighted by Crippen LogP contribution is -2.02. The van der Waals surface area contributed by atoms with Crippen LogP contribution < -0.4 is 10.1 Å². The van der Waals surface area contributed by atoms with E-state index in [-0.39, 0.29) is 11.6 Å². The Kier molecular flexibility index (Phi) is 4.37. The number of methoxy groups -OCH3 is 1. The number of nitrogens with one attached hydrogen (secondary N) is 1. The summed E-state index contributed by atoms with van der Waals surface area (Å²) in [6, 6.07) is 9.28. The van der Waals surface area contributed by atoms with E-state index in [1.54, 1.807) is 18.2 Å². The third-order valence-electron chi connectivity index (χ3n) is 2.65. The third-order valence-corrected chi connectivity index (χ3v) is 3.14. The van der Waals surface area contributed by atoms with Crippen molar-refractivity contribution >= 4 is 21.6 Å². The Hall–Kier alpha value is -1.62. The second-order valence-corrected chi connectivity index (χ2v) is 4.85. The molecule has 0 aromatic heterocycles. The minimum Gasteiger partial charge on any atom is -0.494 e. The molecule has 0 aliphatic carbocycles. The Morgan fingerprint density at radius 2 is 1.89 bits per heavy atom. The number of benzene rings is 2. The second kappa shape index (κ2) is 6.02. The standard InChI is InChI=1S/C14H12BrF2NO/c1-19-14-7-11(4-5-12(14)16)18-8-9-2-3-10(15)6-13(9)17/h2-7,18H,8H2,1H3. The number of halogens is 3. The highest BCUT2D eigenvalue weighted by molar-refractivity contribution is 9.10. The first-order valence-electron chi connectivity index (χ1n) is 5.61. The summed E-state index contributed by atoms with van der Waals surface area (Å²) in [6.45, 7) is 0.313. The van der Waals surface area contributed by atoms with Gasteiger partial charge < -0.3 is 10.1 Å². The van der Waals surface area contributed by atoms with E-state index < -0.39 is 5.82 Å². The monoisotopic (exact) mass is 327 g/mol. The third kappa shape index (κ3) is 3.44. The van der Waals surface area contributed by atoms with E-state index in [1.807, 2.05) is 0 Å². The van der Waals surface area contributed by atoms with Crippen molar-refractivity contribution in [2.24, 2.45) is 0 Å². The van der Waals surface area contributed by atoms with Crippen LogP contribution in [0.15, 0.2) is 40.9 Å². The van der Waals surface area contributed by atoms with Crippen LogP contribution in [0.3, 0.4) is 0 Å². The van der Waals surface area contributed by atoms with E-state index in [4.69, 9.17) is 4.74 Å². The van der Waals surface area contributed by atoms with Gasteiger partial charge in [-0.1, -0.05) is 22.0 Å². The van der Waals surface area contributed by atoms with Crippen LogP contribution in [0, 0.1) is 11.6 Å². The molecule has 0 bridgehead atoms. The molecular weight excluding hydrogens is 316 g/mol. The molecule has 1 N–H and O–H groups in total. The van der Waals surface area contributed by atoms with Crippen molar-refractivity contribution < 1.29 is 13.5 Å². The quantitative estimate of drug-likeness (QED) is 0.901. The summed E-state index contributed by atoms with van der Waals surface area (Å²) in [5.41, 5.74) is 1.20. The molecule has 0 aliphatic rings. The maximum absolute atomic E-state index is 13.6. The van der Waals surface area contributed by atoms with Gasteiger partial charge in [0, 0.05) is 28.3 Å². The van der Waals surface area contributed by atoms with Crippen LogP contribution in [0.5, 0.6) is 5.75 Å². The van der Waals surface area contributed by atoms with Gasteiger partial charge in [0.05, 0.1) is 7.11 Å². The van der Waals surface area contributed by atoms with Gasteiger partial charge in [0.25, 0.3) is 0 Å². The normalized spacial score (nSPS) is 10.3. The fourth-order valence-electron chi connectivity index (χ4n) is 1.63. The average Bonchev–Trinajstić information content (AvgIpc) is 2.39. The van der Waals surface area contributed by atoms with E-state index in [1.165, 1.54) is 25.3 Å². The van der Waals surface area contributed by atoms with Gasteiger partial charge in [-0.3, -0.25) is 0 Å². The molecule has 2 nitrogen and oxygen atoms in total. The van der Waals surface area contributed by atoms with Gasteiger partial charge in [0.15, 0.2) is 11.6 Å². The number of ether oxygens (including phenoxy) is 1. The second-order valence-electron chi connectivity index (χ2n) is 3.94. The number of rotatable bonds is 4. The Bertz CT molecular complexity index is 590. The highest BCUT2D eigenvalue weighted by Gasteiger charge is 2.05. The van der Waals surface area contributed by atoms with Gasteiger partial charge in [0.1, 0.15) is 5.82 Å². The summed E-state index contributed by atoms with van der Waals surface area (Å²) >= 11 is 3.20. The highest BCUT2D eigenvalue weighted by atomic mass is 79.9. The maximum Gasteiger partial charge on any atom is 0.165 e. The maximum atomic E-state index is 13.6. The lowest BCUT2D eigenvalue weighted by atomic mass is 10.2. The minimum atomic E-state index is -0.428. The topological polar surface area (TPSA) is 21.3 Å². The molecule has 0 spiro atoms. The zero-order chi connectivity index (χ0) is 13.8. The van der Waals surface area contributed by atoms with Crippen molar-refractivity contribution in [1.82, 2.24) is 0 Å². The van der Waals surface area contributed by atoms with Crippen LogP contribution in [-0.2, 0) is 6.54 Å². The molecule has 2 aromatic carbocycles. The van der Waals surface area contributed by atoms with Crippen LogP contribution in [0.1, 0.15) is 5.56 Å². The molecular formula is C14H12BrF2NO. The van der Waals surface area contributed by atoms with Gasteiger partial charge in [0.2, 0.25) is 0 Å². The summed E-state index contributed by atoms with van der Waals surface area (Å²) < 4.78 is 32.4. The molecule has 0 radical (unpaired) electrons. The Morgan fingerprint density at radius 3 is 2.58 bits per heavy atom. The highest BCUT2D eigenvalue weighted by Crippen LogP contribution is 2.22. The summed E-state index contributed by atoms with van der Waals surface area (Å²) in [5.74, 6) is -0.569. The number of hydrogen-bond acceptors (Lipinski definition) is 2. The largest absolute Gasteiger partial charge is 0.494 e. The predicted molar refractivity (Wildman–Crippen MR) is 74.4 cm³/mol. The van der Waals surface area contributed by atoms with Crippen molar-refractivity contribution in [3.63, 3.8) is 0 Å². The van der Waals surface area contributed by atoms with E-state index in [0.29, 0.717) is 22.3 Å². The zero-order valence-corrected chi connectivity index (χ0v) is 11.8. The zero-order valence-electron chi connectivity index (χ0n) is 10.2. The molecule has 0 saturated heterocycles. The van der Waals surface area contributed by atoms with E-state index in [2.05, 4.69) is 21.2 Å². The van der Waals surface area contributed by atoms with Crippen LogP contribution in [0.2, 0.25) is 0 Å². The molecule has 0 atom stereocenters. The van der Waals surface area contributed by atoms with E-state index >= 15 is 0 Å². The molecule has 0 heterocycles. The molecule has 2 aromatic rings. The van der Waals surface area contributed by atoms with Gasteiger partial charge in [-0.2, -0.15) is 0 Å². The molecule has 2 rings (SSSR count). The van der Waals surface area contributed by atoms with E-state index in [9.17, 15) is 8.78 Å². The molecule has 0 aliphatic heterocycles. The first-order chi connectivity index (χ1) is 9.10. The van der Waals surface area contributed by atoms with Gasteiger partial charge >= 0.3 is 0 Å². The van der Waals surface area contributed by atoms with Crippen molar-refractivity contribution in [2.45, 2.75) is 6.54 Å². The molecule has 0 fully saturated rings. The number of hydrogen-bond donors (Lipinski definition) is 1. The first-order valence-corrected chi connectivity index (χ1v) is 6.41. The lowest BCUT2D eigenvalue weighted by molar-refractivity contribution is 0.387. The van der Waals surface area contributed by atoms with Gasteiger partial charge in [-0.05, 0) is 24.3 Å². The van der Waals surface area contributed by atoms with Crippen LogP contribution in [0.4, 0.5) is 14.5 Å². The Balaban J connectivity index is 2.10. The fraction of sp³-hybridized carbons (Fsp3) is 0.143. The molecule has 0 amide bonds. The predicted octanol–water partition coefficient (Wildman–Crippen LogP) is 4.35. The van der Waals surface area contributed by atoms with E-state index in [0.717, 1.165) is 0 Å². The van der Waals surface area contributed by atoms with Gasteiger partial charge in [-0.25, -0.2) is 8.78 Å². The molecule has 5 heteroatoms. The van der Waals surface area contributed by atoms with Crippen LogP contribution in [-0.4, -0.2) is 7.11 Å². The van der Waals surface area contributed by atoms with Crippen molar-refractivity contribution in [1.29, 1.82) is 0 Å². The fourth-order valence-corrected chi connectivity index (χ4v) is 1.97. The summed E-state index contributed by atoms with van der Waals surface area (Å²) in [7, 11) is 1.40. The SMILES string of the molecule is COc1cc(NCc2ccc(Br)cc2F)ccc1F. The first kappa shape index (κ1) is 13.8. The Labute approximate surface area is 118 Å². The molecule has 100 valence electrons. The molecule has 0 unspecified atom stereocenters. The van der Waals surface area contributed by atoms with Crippen molar-refractivity contribution in [2.75, 3.05) is 12.4 Å². The van der Waals surface area contributed by atoms with Crippen molar-refractivity contribution in [3.05, 3.63) is 58.1 Å². The molecule has 19 heavy (non-hydrogen) atoms. The summed E-state index contributed by atoms with van der Waals surface area (Å²) in [4.78, 5) is 0. The lowest BCUT2D eigenvalue weighted by Gasteiger charge is -2.09. The van der Waals surface area contributed by atoms with Crippen LogP contribution in [0.25, 0.3) is 0 Å². The Morgan fingerprint density at radius 1 is 1.11 bits per heavy atom. The summed E-state index contributed by atoms with van der Waals surface area (Å²) in [5, 5.41) is 3.02. The molecule has 0 saturated carbocycles. The summed E-state index contributed by atoms with van der Waals surface area (Å²) in [6.07, 6.45) is 0.